The standard InChI is InChI=1S/C13H13N5/c14-7-8-1-3-9(4-2-8)11-12(15)18(16)13(17-11)10-5-6-10/h1-4,10H,5-6,15-16H2. The Kier molecular flexibility index (Phi) is 2.23. The van der Waals surface area contributed by atoms with Crippen LogP contribution < -0.4 is 11.6 Å². The summed E-state index contributed by atoms with van der Waals surface area (Å²) in [4.78, 5) is 4.53. The van der Waals surface area contributed by atoms with E-state index in [4.69, 9.17) is 16.8 Å². The first kappa shape index (κ1) is 10.7. The number of nitrogens with two attached hydrogens (primary N) is 2. The van der Waals surface area contributed by atoms with E-state index in [1.165, 1.54) is 4.68 Å². The molecule has 18 heavy (non-hydrogen) atoms. The molecule has 3 rings (SSSR count). The lowest BCUT2D eigenvalue weighted by atomic mass is 10.1. The van der Waals surface area contributed by atoms with Gasteiger partial charge in [0.1, 0.15) is 11.5 Å². The van der Waals surface area contributed by atoms with Gasteiger partial charge in [-0.05, 0) is 25.0 Å². The average molecular weight is 239 g/mol. The molecule has 90 valence electrons. The number of hydrogen-bond donors (Lipinski definition) is 2. The summed E-state index contributed by atoms with van der Waals surface area (Å²) in [5.41, 5.74) is 8.18. The molecule has 5 heteroatoms. The van der Waals surface area contributed by atoms with Crippen molar-refractivity contribution in [1.82, 2.24) is 9.66 Å². The van der Waals surface area contributed by atoms with Crippen LogP contribution in [0.3, 0.4) is 0 Å². The third-order valence-electron chi connectivity index (χ3n) is 3.21. The van der Waals surface area contributed by atoms with Gasteiger partial charge in [0.05, 0.1) is 11.6 Å². The Bertz CT molecular complexity index is 629. The fourth-order valence-corrected chi connectivity index (χ4v) is 2.01. The average Bonchev–Trinajstić information content (AvgIpc) is 3.19. The van der Waals surface area contributed by atoms with Crippen LogP contribution in [0.2, 0.25) is 0 Å². The second kappa shape index (κ2) is 3.77. The van der Waals surface area contributed by atoms with Crippen molar-refractivity contribution >= 4 is 5.82 Å². The lowest BCUT2D eigenvalue weighted by molar-refractivity contribution is 0.855. The predicted octanol–water partition coefficient (Wildman–Crippen LogP) is 1.60. The van der Waals surface area contributed by atoms with Gasteiger partial charge in [-0.25, -0.2) is 9.66 Å². The van der Waals surface area contributed by atoms with Gasteiger partial charge < -0.3 is 11.6 Å². The van der Waals surface area contributed by atoms with Gasteiger partial charge >= 0.3 is 0 Å². The highest BCUT2D eigenvalue weighted by Crippen LogP contribution is 2.41. The molecule has 1 fully saturated rings. The molecule has 4 N–H and O–H groups in total. The molecule has 1 heterocycles. The van der Waals surface area contributed by atoms with Crippen LogP contribution in [0.4, 0.5) is 5.82 Å². The van der Waals surface area contributed by atoms with Crippen molar-refractivity contribution in [3.8, 4) is 17.3 Å². The summed E-state index contributed by atoms with van der Waals surface area (Å²) in [5.74, 6) is 7.69. The minimum Gasteiger partial charge on any atom is -0.382 e. The number of nitriles is 1. The minimum absolute atomic E-state index is 0.449. The van der Waals surface area contributed by atoms with E-state index in [0.717, 1.165) is 24.2 Å². The van der Waals surface area contributed by atoms with Crippen molar-refractivity contribution in [2.75, 3.05) is 11.6 Å². The fraction of sp³-hybridized carbons (Fsp3) is 0.231. The first-order valence-electron chi connectivity index (χ1n) is 5.84. The van der Waals surface area contributed by atoms with Crippen molar-refractivity contribution in [2.24, 2.45) is 0 Å². The van der Waals surface area contributed by atoms with Gasteiger partial charge in [-0.3, -0.25) is 0 Å². The van der Waals surface area contributed by atoms with Crippen LogP contribution >= 0.6 is 0 Å². The Balaban J connectivity index is 2.05. The number of anilines is 1. The maximum absolute atomic E-state index is 8.77. The van der Waals surface area contributed by atoms with Gasteiger partial charge in [0.25, 0.3) is 0 Å². The minimum atomic E-state index is 0.449. The Hall–Kier alpha value is -2.48. The van der Waals surface area contributed by atoms with Gasteiger partial charge in [0, 0.05) is 11.5 Å². The van der Waals surface area contributed by atoms with Crippen molar-refractivity contribution in [3.05, 3.63) is 35.7 Å². The van der Waals surface area contributed by atoms with Crippen LogP contribution in [-0.2, 0) is 0 Å². The summed E-state index contributed by atoms with van der Waals surface area (Å²) in [7, 11) is 0. The SMILES string of the molecule is N#Cc1ccc(-c2nc(C3CC3)n(N)c2N)cc1. The number of hydrogen-bond acceptors (Lipinski definition) is 4. The number of nitrogen functional groups attached to an aromatic ring is 2. The molecule has 5 nitrogen and oxygen atoms in total. The second-order valence-corrected chi connectivity index (χ2v) is 4.54. The topological polar surface area (TPSA) is 93.6 Å². The van der Waals surface area contributed by atoms with Gasteiger partial charge in [-0.2, -0.15) is 5.26 Å². The lowest BCUT2D eigenvalue weighted by Crippen LogP contribution is -2.14. The summed E-state index contributed by atoms with van der Waals surface area (Å²) in [6.45, 7) is 0. The number of benzene rings is 1. The number of aromatic nitrogens is 2. The Labute approximate surface area is 105 Å². The summed E-state index contributed by atoms with van der Waals surface area (Å²) >= 11 is 0. The zero-order chi connectivity index (χ0) is 12.7. The molecule has 1 aromatic heterocycles. The molecular formula is C13H13N5. The summed E-state index contributed by atoms with van der Waals surface area (Å²) < 4.78 is 1.48. The van der Waals surface area contributed by atoms with E-state index in [0.29, 0.717) is 23.0 Å². The van der Waals surface area contributed by atoms with Gasteiger partial charge in [-0.15, -0.1) is 0 Å². The van der Waals surface area contributed by atoms with E-state index in [1.807, 2.05) is 12.1 Å². The number of nitrogens with zero attached hydrogens (tertiary/aromatic N) is 3. The Morgan fingerprint density at radius 1 is 1.28 bits per heavy atom. The third kappa shape index (κ3) is 1.59. The maximum atomic E-state index is 8.77. The van der Waals surface area contributed by atoms with E-state index in [1.54, 1.807) is 12.1 Å². The zero-order valence-electron chi connectivity index (χ0n) is 9.80. The smallest absolute Gasteiger partial charge is 0.150 e. The Morgan fingerprint density at radius 3 is 2.50 bits per heavy atom. The molecule has 0 aliphatic heterocycles. The molecule has 0 saturated heterocycles. The van der Waals surface area contributed by atoms with Crippen LogP contribution in [0.5, 0.6) is 0 Å². The highest BCUT2D eigenvalue weighted by molar-refractivity contribution is 5.71. The first-order chi connectivity index (χ1) is 8.70. The van der Waals surface area contributed by atoms with Crippen molar-refractivity contribution in [1.29, 1.82) is 5.26 Å². The number of rotatable bonds is 2. The van der Waals surface area contributed by atoms with Crippen LogP contribution in [-0.4, -0.2) is 9.66 Å². The van der Waals surface area contributed by atoms with E-state index in [-0.39, 0.29) is 0 Å². The van der Waals surface area contributed by atoms with Crippen LogP contribution in [0.25, 0.3) is 11.3 Å². The summed E-state index contributed by atoms with van der Waals surface area (Å²) in [6, 6.07) is 9.27. The van der Waals surface area contributed by atoms with Crippen LogP contribution in [0, 0.1) is 11.3 Å². The van der Waals surface area contributed by atoms with E-state index < -0.39 is 0 Å². The van der Waals surface area contributed by atoms with Gasteiger partial charge in [0.15, 0.2) is 5.82 Å². The zero-order valence-corrected chi connectivity index (χ0v) is 9.80. The van der Waals surface area contributed by atoms with Gasteiger partial charge in [-0.1, -0.05) is 12.1 Å². The second-order valence-electron chi connectivity index (χ2n) is 4.54. The van der Waals surface area contributed by atoms with Crippen LogP contribution in [0.1, 0.15) is 30.1 Å². The molecule has 1 aliphatic carbocycles. The molecule has 0 bridgehead atoms. The monoisotopic (exact) mass is 239 g/mol. The van der Waals surface area contributed by atoms with Crippen LogP contribution in [0.15, 0.2) is 24.3 Å². The van der Waals surface area contributed by atoms with Crippen molar-refractivity contribution < 1.29 is 0 Å². The summed E-state index contributed by atoms with van der Waals surface area (Å²) in [6.07, 6.45) is 2.25. The molecule has 0 atom stereocenters. The molecule has 0 radical (unpaired) electrons. The van der Waals surface area contributed by atoms with E-state index in [9.17, 15) is 0 Å². The molecule has 1 aliphatic rings. The molecule has 2 aromatic rings. The van der Waals surface area contributed by atoms with E-state index >= 15 is 0 Å². The Morgan fingerprint density at radius 2 is 1.94 bits per heavy atom. The fourth-order valence-electron chi connectivity index (χ4n) is 2.01. The molecule has 0 spiro atoms. The highest BCUT2D eigenvalue weighted by atomic mass is 15.4. The predicted molar refractivity (Wildman–Crippen MR) is 68.9 cm³/mol. The molecule has 0 unspecified atom stereocenters. The number of imidazole rings is 1. The van der Waals surface area contributed by atoms with Crippen molar-refractivity contribution in [2.45, 2.75) is 18.8 Å². The first-order valence-corrected chi connectivity index (χ1v) is 5.84. The molecule has 1 aromatic carbocycles. The quantitative estimate of drug-likeness (QED) is 0.778. The maximum Gasteiger partial charge on any atom is 0.150 e. The largest absolute Gasteiger partial charge is 0.382 e. The third-order valence-corrected chi connectivity index (χ3v) is 3.21. The molecule has 0 amide bonds. The normalized spacial score (nSPS) is 14.4. The lowest BCUT2D eigenvalue weighted by Gasteiger charge is -2.00. The van der Waals surface area contributed by atoms with E-state index in [2.05, 4.69) is 11.1 Å². The molecule has 1 saturated carbocycles. The van der Waals surface area contributed by atoms with Gasteiger partial charge in [0.2, 0.25) is 0 Å². The molecular weight excluding hydrogens is 226 g/mol. The highest BCUT2D eigenvalue weighted by Gasteiger charge is 2.30. The van der Waals surface area contributed by atoms with Crippen molar-refractivity contribution in [3.63, 3.8) is 0 Å². The summed E-state index contributed by atoms with van der Waals surface area (Å²) in [5, 5.41) is 8.77.